The topological polar surface area (TPSA) is 56.9 Å². The third-order valence-corrected chi connectivity index (χ3v) is 3.36. The lowest BCUT2D eigenvalue weighted by atomic mass is 9.95. The van der Waals surface area contributed by atoms with E-state index in [0.29, 0.717) is 0 Å². The molecule has 0 aliphatic heterocycles. The molecule has 0 aliphatic carbocycles. The number of hydrogen-bond donors (Lipinski definition) is 1. The van der Waals surface area contributed by atoms with Crippen LogP contribution in [0, 0.1) is 11.3 Å². The molecule has 0 radical (unpaired) electrons. The predicted molar refractivity (Wildman–Crippen MR) is 72.1 cm³/mol. The lowest BCUT2D eigenvalue weighted by Gasteiger charge is -2.15. The SMILES string of the molecule is N#Cc1c(C(F)(F)F)nc2cccc(O)c2c1CCCC(F)(F)F. The Kier molecular flexibility index (Phi) is 4.60. The Bertz CT molecular complexity index is 805. The maximum absolute atomic E-state index is 13.1. The lowest BCUT2D eigenvalue weighted by molar-refractivity contribution is -0.141. The fraction of sp³-hybridized carbons (Fsp3) is 0.333. The van der Waals surface area contributed by atoms with Crippen LogP contribution in [0.2, 0.25) is 0 Å². The smallest absolute Gasteiger partial charge is 0.434 e. The van der Waals surface area contributed by atoms with E-state index in [1.165, 1.54) is 24.3 Å². The van der Waals surface area contributed by atoms with Crippen molar-refractivity contribution in [1.82, 2.24) is 4.98 Å². The Morgan fingerprint density at radius 2 is 1.79 bits per heavy atom. The maximum Gasteiger partial charge on any atom is 0.434 e. The van der Waals surface area contributed by atoms with Crippen molar-refractivity contribution in [3.8, 4) is 11.8 Å². The van der Waals surface area contributed by atoms with Gasteiger partial charge in [-0.15, -0.1) is 0 Å². The zero-order chi connectivity index (χ0) is 18.1. The second kappa shape index (κ2) is 6.19. The van der Waals surface area contributed by atoms with Crippen LogP contribution in [0.25, 0.3) is 10.9 Å². The Morgan fingerprint density at radius 3 is 2.33 bits per heavy atom. The highest BCUT2D eigenvalue weighted by Crippen LogP contribution is 2.38. The number of benzene rings is 1. The summed E-state index contributed by atoms with van der Waals surface area (Å²) in [5, 5.41) is 18.8. The number of hydrogen-bond acceptors (Lipinski definition) is 3. The van der Waals surface area contributed by atoms with E-state index in [2.05, 4.69) is 4.98 Å². The van der Waals surface area contributed by atoms with E-state index >= 15 is 0 Å². The van der Waals surface area contributed by atoms with Crippen LogP contribution in [0.5, 0.6) is 5.75 Å². The van der Waals surface area contributed by atoms with Gasteiger partial charge in [-0.05, 0) is 30.5 Å². The number of rotatable bonds is 3. The normalized spacial score (nSPS) is 12.4. The molecule has 1 aromatic carbocycles. The highest BCUT2D eigenvalue weighted by atomic mass is 19.4. The first kappa shape index (κ1) is 17.8. The van der Waals surface area contributed by atoms with Crippen LogP contribution in [0.1, 0.15) is 29.7 Å². The summed E-state index contributed by atoms with van der Waals surface area (Å²) in [6.45, 7) is 0. The summed E-state index contributed by atoms with van der Waals surface area (Å²) in [6, 6.07) is 4.99. The van der Waals surface area contributed by atoms with Gasteiger partial charge >= 0.3 is 12.4 Å². The second-order valence-electron chi connectivity index (χ2n) is 5.06. The molecule has 0 unspecified atom stereocenters. The molecule has 1 heterocycles. The molecule has 0 spiro atoms. The summed E-state index contributed by atoms with van der Waals surface area (Å²) in [7, 11) is 0. The first-order chi connectivity index (χ1) is 11.0. The fourth-order valence-electron chi connectivity index (χ4n) is 2.42. The van der Waals surface area contributed by atoms with Crippen molar-refractivity contribution in [2.75, 3.05) is 0 Å². The molecular formula is C15H10F6N2O. The van der Waals surface area contributed by atoms with Crippen molar-refractivity contribution in [2.24, 2.45) is 0 Å². The molecule has 1 aromatic heterocycles. The average Bonchev–Trinajstić information content (AvgIpc) is 2.44. The summed E-state index contributed by atoms with van der Waals surface area (Å²) >= 11 is 0. The van der Waals surface area contributed by atoms with Crippen molar-refractivity contribution >= 4 is 10.9 Å². The highest BCUT2D eigenvalue weighted by Gasteiger charge is 2.38. The monoisotopic (exact) mass is 348 g/mol. The van der Waals surface area contributed by atoms with E-state index < -0.39 is 48.6 Å². The molecule has 2 rings (SSSR count). The van der Waals surface area contributed by atoms with Crippen molar-refractivity contribution in [3.05, 3.63) is 35.0 Å². The number of phenols is 1. The van der Waals surface area contributed by atoms with Gasteiger partial charge in [-0.25, -0.2) is 4.98 Å². The molecule has 3 nitrogen and oxygen atoms in total. The van der Waals surface area contributed by atoms with E-state index in [0.717, 1.165) is 0 Å². The van der Waals surface area contributed by atoms with Gasteiger partial charge in [-0.1, -0.05) is 6.07 Å². The molecule has 128 valence electrons. The van der Waals surface area contributed by atoms with Crippen LogP contribution in [-0.4, -0.2) is 16.3 Å². The van der Waals surface area contributed by atoms with Gasteiger partial charge < -0.3 is 5.11 Å². The number of nitrogens with zero attached hydrogens (tertiary/aromatic N) is 2. The number of nitriles is 1. The van der Waals surface area contributed by atoms with Crippen LogP contribution < -0.4 is 0 Å². The van der Waals surface area contributed by atoms with Crippen molar-refractivity contribution in [2.45, 2.75) is 31.6 Å². The number of aromatic hydroxyl groups is 1. The minimum absolute atomic E-state index is 0.135. The lowest BCUT2D eigenvalue weighted by Crippen LogP contribution is -2.14. The molecular weight excluding hydrogens is 338 g/mol. The van der Waals surface area contributed by atoms with E-state index in [1.807, 2.05) is 0 Å². The van der Waals surface area contributed by atoms with Gasteiger partial charge in [0.2, 0.25) is 0 Å². The van der Waals surface area contributed by atoms with E-state index in [9.17, 15) is 31.4 Å². The fourth-order valence-corrected chi connectivity index (χ4v) is 2.42. The highest BCUT2D eigenvalue weighted by molar-refractivity contribution is 5.90. The van der Waals surface area contributed by atoms with Gasteiger partial charge in [0.25, 0.3) is 0 Å². The van der Waals surface area contributed by atoms with Gasteiger partial charge in [-0.3, -0.25) is 0 Å². The number of alkyl halides is 6. The molecule has 0 bridgehead atoms. The number of fused-ring (bicyclic) bond motifs is 1. The van der Waals surface area contributed by atoms with Crippen LogP contribution in [0.3, 0.4) is 0 Å². The van der Waals surface area contributed by atoms with Crippen LogP contribution in [0.4, 0.5) is 26.3 Å². The summed E-state index contributed by atoms with van der Waals surface area (Å²) in [5.41, 5.74) is -2.84. The Balaban J connectivity index is 2.66. The number of aryl methyl sites for hydroxylation is 1. The zero-order valence-corrected chi connectivity index (χ0v) is 12.0. The van der Waals surface area contributed by atoms with E-state index in [1.54, 1.807) is 0 Å². The minimum atomic E-state index is -4.94. The van der Waals surface area contributed by atoms with Crippen LogP contribution in [0.15, 0.2) is 18.2 Å². The first-order valence-corrected chi connectivity index (χ1v) is 6.73. The molecule has 24 heavy (non-hydrogen) atoms. The average molecular weight is 348 g/mol. The standard InChI is InChI=1S/C15H10F6N2O/c16-14(17,18)6-2-3-8-9(7-22)13(15(19,20)21)23-10-4-1-5-11(24)12(8)10/h1,4-5,24H,2-3,6H2. The van der Waals surface area contributed by atoms with Gasteiger partial charge in [-0.2, -0.15) is 31.6 Å². The molecule has 0 saturated heterocycles. The molecule has 0 amide bonds. The maximum atomic E-state index is 13.1. The molecule has 0 atom stereocenters. The Labute approximate surface area is 132 Å². The summed E-state index contributed by atoms with van der Waals surface area (Å²) in [4.78, 5) is 3.37. The molecule has 9 heteroatoms. The van der Waals surface area contributed by atoms with E-state index in [4.69, 9.17) is 5.26 Å². The summed E-state index contributed by atoms with van der Waals surface area (Å²) in [5.74, 6) is -0.438. The Morgan fingerprint density at radius 1 is 1.12 bits per heavy atom. The van der Waals surface area contributed by atoms with Crippen molar-refractivity contribution in [1.29, 1.82) is 5.26 Å². The third kappa shape index (κ3) is 3.69. The minimum Gasteiger partial charge on any atom is -0.507 e. The second-order valence-corrected chi connectivity index (χ2v) is 5.06. The van der Waals surface area contributed by atoms with Gasteiger partial charge in [0.1, 0.15) is 11.8 Å². The number of aromatic nitrogens is 1. The molecule has 0 aliphatic rings. The van der Waals surface area contributed by atoms with E-state index in [-0.39, 0.29) is 16.5 Å². The quantitative estimate of drug-likeness (QED) is 0.817. The number of pyridine rings is 1. The largest absolute Gasteiger partial charge is 0.507 e. The summed E-state index contributed by atoms with van der Waals surface area (Å²) in [6.07, 6.45) is -11.6. The van der Waals surface area contributed by atoms with Gasteiger partial charge in [0, 0.05) is 11.8 Å². The number of halogens is 6. The van der Waals surface area contributed by atoms with Gasteiger partial charge in [0.05, 0.1) is 11.1 Å². The number of phenolic OH excluding ortho intramolecular Hbond substituents is 1. The van der Waals surface area contributed by atoms with Crippen LogP contribution in [-0.2, 0) is 12.6 Å². The molecule has 0 saturated carbocycles. The summed E-state index contributed by atoms with van der Waals surface area (Å²) < 4.78 is 76.2. The van der Waals surface area contributed by atoms with Crippen molar-refractivity contribution in [3.63, 3.8) is 0 Å². The zero-order valence-electron chi connectivity index (χ0n) is 12.0. The third-order valence-electron chi connectivity index (χ3n) is 3.36. The molecule has 2 aromatic rings. The first-order valence-electron chi connectivity index (χ1n) is 6.73. The molecule has 1 N–H and O–H groups in total. The Hall–Kier alpha value is -2.50. The predicted octanol–water partition coefficient (Wildman–Crippen LogP) is 4.72. The van der Waals surface area contributed by atoms with Crippen molar-refractivity contribution < 1.29 is 31.4 Å². The van der Waals surface area contributed by atoms with Gasteiger partial charge in [0.15, 0.2) is 5.69 Å². The molecule has 0 fully saturated rings. The van der Waals surface area contributed by atoms with Crippen LogP contribution >= 0.6 is 0 Å².